The van der Waals surface area contributed by atoms with Crippen LogP contribution in [-0.4, -0.2) is 70.0 Å². The van der Waals surface area contributed by atoms with Crippen molar-refractivity contribution in [3.8, 4) is 0 Å². The first-order chi connectivity index (χ1) is 33.0. The molecule has 0 aliphatic carbocycles. The number of hydrogen-bond donors (Lipinski definition) is 0. The Labute approximate surface area is 416 Å². The fraction of sp³-hybridized carbons (Fsp3) is 0.621. The topological polar surface area (TPSA) is 111 Å². The summed E-state index contributed by atoms with van der Waals surface area (Å²) in [6.45, 7) is 3.90. The van der Waals surface area contributed by atoms with Crippen LogP contribution in [0.25, 0.3) is 0 Å². The second-order valence-electron chi connectivity index (χ2n) is 18.1. The number of allylic oxidation sites excluding steroid dienone is 20. The average Bonchev–Trinajstić information content (AvgIpc) is 3.30. The van der Waals surface area contributed by atoms with E-state index in [-0.39, 0.29) is 26.1 Å². The Hall–Kier alpha value is -3.59. The van der Waals surface area contributed by atoms with E-state index in [9.17, 15) is 19.0 Å². The maximum absolute atomic E-state index is 12.7. The normalized spacial score (nSPS) is 14.4. The minimum absolute atomic E-state index is 0.0513. The molecule has 386 valence electrons. The number of quaternary nitrogens is 1. The zero-order chi connectivity index (χ0) is 49.9. The number of phosphoric ester groups is 1. The van der Waals surface area contributed by atoms with Gasteiger partial charge in [0.25, 0.3) is 7.82 Å². The predicted molar refractivity (Wildman–Crippen MR) is 286 cm³/mol. The quantitative estimate of drug-likeness (QED) is 0.0195. The number of carbonyl (C=O) groups is 2. The van der Waals surface area contributed by atoms with Gasteiger partial charge in [0.2, 0.25) is 0 Å². The molecule has 0 aliphatic rings. The molecule has 2 unspecified atom stereocenters. The Morgan fingerprint density at radius 3 is 1.24 bits per heavy atom. The number of hydrogen-bond acceptors (Lipinski definition) is 8. The highest BCUT2D eigenvalue weighted by atomic mass is 31.2. The van der Waals surface area contributed by atoms with Gasteiger partial charge in [-0.1, -0.05) is 200 Å². The van der Waals surface area contributed by atoms with E-state index < -0.39 is 32.5 Å². The van der Waals surface area contributed by atoms with Crippen LogP contribution in [0.4, 0.5) is 0 Å². The molecule has 0 rings (SSSR count). The molecule has 0 spiro atoms. The third-order valence-electron chi connectivity index (χ3n) is 10.5. The Morgan fingerprint density at radius 1 is 0.456 bits per heavy atom. The molecule has 0 N–H and O–H groups in total. The number of carbonyl (C=O) groups excluding carboxylic acids is 2. The van der Waals surface area contributed by atoms with Crippen LogP contribution in [-0.2, 0) is 32.7 Å². The number of nitrogens with zero attached hydrogens (tertiary/aromatic N) is 1. The molecule has 0 heterocycles. The summed E-state index contributed by atoms with van der Waals surface area (Å²) in [5, 5.41) is 0. The Balaban J connectivity index is 4.33. The van der Waals surface area contributed by atoms with Gasteiger partial charge in [0.15, 0.2) is 6.10 Å². The fourth-order valence-corrected chi connectivity index (χ4v) is 7.22. The molecule has 0 aromatic carbocycles. The Bertz CT molecular complexity index is 1560. The lowest BCUT2D eigenvalue weighted by molar-refractivity contribution is -0.870. The molecule has 0 fully saturated rings. The third-order valence-corrected chi connectivity index (χ3v) is 11.5. The molecule has 10 heteroatoms. The minimum Gasteiger partial charge on any atom is -0.756 e. The van der Waals surface area contributed by atoms with E-state index in [0.717, 1.165) is 83.5 Å². The van der Waals surface area contributed by atoms with Gasteiger partial charge in [-0.3, -0.25) is 14.2 Å². The van der Waals surface area contributed by atoms with E-state index in [0.29, 0.717) is 23.9 Å². The highest BCUT2D eigenvalue weighted by molar-refractivity contribution is 7.45. The fourth-order valence-electron chi connectivity index (χ4n) is 6.49. The molecule has 0 aliphatic heterocycles. The molecule has 2 atom stereocenters. The van der Waals surface area contributed by atoms with E-state index >= 15 is 0 Å². The highest BCUT2D eigenvalue weighted by Gasteiger charge is 2.21. The van der Waals surface area contributed by atoms with Crippen molar-refractivity contribution < 1.29 is 42.1 Å². The summed E-state index contributed by atoms with van der Waals surface area (Å²) in [7, 11) is 1.10. The van der Waals surface area contributed by atoms with Crippen LogP contribution in [0.5, 0.6) is 0 Å². The van der Waals surface area contributed by atoms with E-state index in [4.69, 9.17) is 18.5 Å². The number of unbranched alkanes of at least 4 members (excludes halogenated alkanes) is 12. The third kappa shape index (κ3) is 51.8. The number of likely N-dealkylation sites (N-methyl/N-ethyl adjacent to an activating group) is 1. The van der Waals surface area contributed by atoms with Gasteiger partial charge in [0.05, 0.1) is 27.7 Å². The summed E-state index contributed by atoms with van der Waals surface area (Å²) >= 11 is 0. The minimum atomic E-state index is -4.66. The SMILES string of the molecule is CC/C=C\C/C=C\C/C=C\C/C=C\C/C=C\C/C=C\CCC(=O)OC(COC(=O)CCCCCCCCCCCCCC/C=C\C/C=C\C/C=C\C/C=C\CC)COP(=O)([O-])OCC[N+](C)(C)C. The van der Waals surface area contributed by atoms with E-state index in [1.54, 1.807) is 0 Å². The van der Waals surface area contributed by atoms with Crippen molar-refractivity contribution in [2.75, 3.05) is 47.5 Å². The van der Waals surface area contributed by atoms with Crippen LogP contribution in [0, 0.1) is 0 Å². The van der Waals surface area contributed by atoms with Gasteiger partial charge in [0.1, 0.15) is 19.8 Å². The molecule has 0 amide bonds. The van der Waals surface area contributed by atoms with Gasteiger partial charge in [-0.15, -0.1) is 0 Å². The van der Waals surface area contributed by atoms with E-state index in [1.165, 1.54) is 57.8 Å². The second-order valence-corrected chi connectivity index (χ2v) is 19.5. The Kier molecular flexibility index (Phi) is 45.9. The van der Waals surface area contributed by atoms with Gasteiger partial charge in [0, 0.05) is 12.8 Å². The monoisotopic (exact) mass is 966 g/mol. The molecule has 0 saturated heterocycles. The first kappa shape index (κ1) is 64.4. The lowest BCUT2D eigenvalue weighted by Crippen LogP contribution is -2.37. The number of rotatable bonds is 46. The number of esters is 2. The predicted octanol–water partition coefficient (Wildman–Crippen LogP) is 15.4. The van der Waals surface area contributed by atoms with Gasteiger partial charge in [-0.25, -0.2) is 0 Å². The lowest BCUT2D eigenvalue weighted by atomic mass is 10.0. The van der Waals surface area contributed by atoms with Crippen molar-refractivity contribution in [2.45, 2.75) is 187 Å². The standard InChI is InChI=1S/C58H96NO8P/c1-6-8-10-12-14-16-18-20-22-24-26-27-28-29-30-31-33-34-36-38-40-42-44-46-48-50-57(60)64-54-56(55-66-68(62,63)65-53-52-59(3,4)5)67-58(61)51-49-47-45-43-41-39-37-35-32-25-23-21-19-17-15-13-11-9-7-2/h8-11,14-17,20-23,26-27,32,35,39,41,45,47,56H,6-7,12-13,18-19,24-25,28-31,33-34,36-38,40,42-44,46,48-55H2,1-5H3/b10-8-,11-9-,16-14-,17-15-,22-20-,23-21-,27-26-,35-32-,41-39-,47-45-. The zero-order valence-electron chi connectivity index (χ0n) is 43.5. The molecule has 0 saturated carbocycles. The van der Waals surface area contributed by atoms with Crippen molar-refractivity contribution in [3.05, 3.63) is 122 Å². The molecule has 9 nitrogen and oxygen atoms in total. The maximum atomic E-state index is 12.7. The molecule has 68 heavy (non-hydrogen) atoms. The van der Waals surface area contributed by atoms with Crippen LogP contribution in [0.3, 0.4) is 0 Å². The van der Waals surface area contributed by atoms with Gasteiger partial charge < -0.3 is 27.9 Å². The largest absolute Gasteiger partial charge is 0.756 e. The molecule has 0 aromatic heterocycles. The lowest BCUT2D eigenvalue weighted by Gasteiger charge is -2.28. The van der Waals surface area contributed by atoms with Crippen molar-refractivity contribution >= 4 is 19.8 Å². The molecule has 0 radical (unpaired) electrons. The number of phosphoric acid groups is 1. The van der Waals surface area contributed by atoms with Crippen molar-refractivity contribution in [3.63, 3.8) is 0 Å². The summed E-state index contributed by atoms with van der Waals surface area (Å²) < 4.78 is 34.0. The molecule has 0 bridgehead atoms. The smallest absolute Gasteiger partial charge is 0.306 e. The van der Waals surface area contributed by atoms with Crippen LogP contribution in [0.1, 0.15) is 181 Å². The second kappa shape index (κ2) is 48.4. The summed E-state index contributed by atoms with van der Waals surface area (Å²) in [6, 6.07) is 0. The van der Waals surface area contributed by atoms with Gasteiger partial charge in [-0.05, 0) is 89.9 Å². The van der Waals surface area contributed by atoms with E-state index in [2.05, 4.69) is 123 Å². The molecular weight excluding hydrogens is 870 g/mol. The summed E-state index contributed by atoms with van der Waals surface area (Å²) in [5.41, 5.74) is 0. The van der Waals surface area contributed by atoms with Gasteiger partial charge in [-0.2, -0.15) is 0 Å². The Morgan fingerprint density at radius 2 is 0.824 bits per heavy atom. The zero-order valence-corrected chi connectivity index (χ0v) is 44.4. The molecule has 0 aromatic rings. The summed E-state index contributed by atoms with van der Waals surface area (Å²) in [6.07, 6.45) is 68.2. The summed E-state index contributed by atoms with van der Waals surface area (Å²) in [4.78, 5) is 37.7. The first-order valence-corrected chi connectivity index (χ1v) is 27.7. The van der Waals surface area contributed by atoms with E-state index in [1.807, 2.05) is 33.3 Å². The van der Waals surface area contributed by atoms with Crippen molar-refractivity contribution in [1.82, 2.24) is 0 Å². The average molecular weight is 966 g/mol. The number of ether oxygens (including phenoxy) is 2. The van der Waals surface area contributed by atoms with Crippen LogP contribution in [0.15, 0.2) is 122 Å². The van der Waals surface area contributed by atoms with Crippen molar-refractivity contribution in [2.24, 2.45) is 0 Å². The maximum Gasteiger partial charge on any atom is 0.306 e. The van der Waals surface area contributed by atoms with Crippen LogP contribution in [0.2, 0.25) is 0 Å². The van der Waals surface area contributed by atoms with Gasteiger partial charge >= 0.3 is 11.9 Å². The first-order valence-electron chi connectivity index (χ1n) is 26.2. The van der Waals surface area contributed by atoms with Crippen LogP contribution < -0.4 is 4.89 Å². The van der Waals surface area contributed by atoms with Crippen molar-refractivity contribution in [1.29, 1.82) is 0 Å². The molecular formula is C58H96NO8P. The van der Waals surface area contributed by atoms with Crippen LogP contribution >= 0.6 is 7.82 Å². The highest BCUT2D eigenvalue weighted by Crippen LogP contribution is 2.38. The summed E-state index contributed by atoms with van der Waals surface area (Å²) in [5.74, 6) is -0.943.